The summed E-state index contributed by atoms with van der Waals surface area (Å²) in [6.07, 6.45) is 2.77. The van der Waals surface area contributed by atoms with Crippen molar-refractivity contribution in [1.82, 2.24) is 10.5 Å². The molecule has 2 N–H and O–H groups in total. The smallest absolute Gasteiger partial charge is 0.261 e. The minimum atomic E-state index is -3.75. The van der Waals surface area contributed by atoms with Crippen molar-refractivity contribution in [2.75, 3.05) is 4.72 Å². The maximum absolute atomic E-state index is 12.6. The van der Waals surface area contributed by atoms with Crippen LogP contribution in [0.1, 0.15) is 15.9 Å². The highest BCUT2D eigenvalue weighted by Crippen LogP contribution is 2.24. The molecule has 0 radical (unpaired) electrons. The molecule has 2 heterocycles. The van der Waals surface area contributed by atoms with E-state index in [9.17, 15) is 13.2 Å². The van der Waals surface area contributed by atoms with Gasteiger partial charge in [0.05, 0.1) is 23.0 Å². The molecule has 2 aromatic carbocycles. The number of sulfonamides is 1. The standard InChI is InChI=1S/C21H17N3O5S/c25-21(17-14-23-29-20(17)19-11-6-12-28-19)22-13-15-7-4-5-10-18(15)24-30(26,27)16-8-2-1-3-9-16/h1-12,14,24H,13H2,(H,22,25). The van der Waals surface area contributed by atoms with Gasteiger partial charge in [0.1, 0.15) is 5.56 Å². The van der Waals surface area contributed by atoms with E-state index in [0.29, 0.717) is 17.0 Å². The number of carbonyl (C=O) groups is 1. The van der Waals surface area contributed by atoms with E-state index in [0.717, 1.165) is 0 Å². The summed E-state index contributed by atoms with van der Waals surface area (Å²) in [5, 5.41) is 6.42. The molecule has 0 spiro atoms. The molecule has 0 unspecified atom stereocenters. The highest BCUT2D eigenvalue weighted by molar-refractivity contribution is 7.92. The summed E-state index contributed by atoms with van der Waals surface area (Å²) in [5.74, 6) is 0.174. The second kappa shape index (κ2) is 8.26. The molecule has 4 aromatic rings. The van der Waals surface area contributed by atoms with E-state index in [1.54, 1.807) is 54.6 Å². The molecule has 0 bridgehead atoms. The summed E-state index contributed by atoms with van der Waals surface area (Å²) in [6.45, 7) is 0.0924. The van der Waals surface area contributed by atoms with E-state index in [1.807, 2.05) is 0 Å². The van der Waals surface area contributed by atoms with Crippen molar-refractivity contribution in [2.24, 2.45) is 0 Å². The molecule has 4 rings (SSSR count). The van der Waals surface area contributed by atoms with Crippen LogP contribution in [-0.2, 0) is 16.6 Å². The zero-order valence-corrected chi connectivity index (χ0v) is 16.4. The largest absolute Gasteiger partial charge is 0.461 e. The predicted molar refractivity (Wildman–Crippen MR) is 109 cm³/mol. The molecule has 152 valence electrons. The summed E-state index contributed by atoms with van der Waals surface area (Å²) < 4.78 is 38.2. The fourth-order valence-corrected chi connectivity index (χ4v) is 3.96. The van der Waals surface area contributed by atoms with E-state index >= 15 is 0 Å². The molecule has 8 nitrogen and oxygen atoms in total. The quantitative estimate of drug-likeness (QED) is 0.469. The molecule has 0 saturated carbocycles. The Bertz CT molecular complexity index is 1250. The minimum Gasteiger partial charge on any atom is -0.461 e. The lowest BCUT2D eigenvalue weighted by atomic mass is 10.1. The SMILES string of the molecule is O=C(NCc1ccccc1NS(=O)(=O)c1ccccc1)c1cnoc1-c1ccco1. The maximum atomic E-state index is 12.6. The third-order valence-corrected chi connectivity index (χ3v) is 5.70. The molecule has 0 fully saturated rings. The zero-order chi connectivity index (χ0) is 21.0. The number of nitrogens with zero attached hydrogens (tertiary/aromatic N) is 1. The Morgan fingerprint density at radius 2 is 1.73 bits per heavy atom. The molecule has 0 atom stereocenters. The van der Waals surface area contributed by atoms with Gasteiger partial charge in [-0.05, 0) is 35.9 Å². The Morgan fingerprint density at radius 1 is 0.967 bits per heavy atom. The highest BCUT2D eigenvalue weighted by Gasteiger charge is 2.20. The van der Waals surface area contributed by atoms with Gasteiger partial charge >= 0.3 is 0 Å². The lowest BCUT2D eigenvalue weighted by Gasteiger charge is -2.13. The van der Waals surface area contributed by atoms with Gasteiger partial charge in [0.15, 0.2) is 5.76 Å². The Labute approximate surface area is 172 Å². The molecular weight excluding hydrogens is 406 g/mol. The monoisotopic (exact) mass is 423 g/mol. The molecule has 30 heavy (non-hydrogen) atoms. The lowest BCUT2D eigenvalue weighted by Crippen LogP contribution is -2.24. The summed E-state index contributed by atoms with van der Waals surface area (Å²) >= 11 is 0. The van der Waals surface area contributed by atoms with Crippen LogP contribution in [0.4, 0.5) is 5.69 Å². The van der Waals surface area contributed by atoms with Crippen LogP contribution in [-0.4, -0.2) is 19.5 Å². The Hall–Kier alpha value is -3.85. The Balaban J connectivity index is 1.51. The normalized spacial score (nSPS) is 11.2. The van der Waals surface area contributed by atoms with E-state index in [1.165, 1.54) is 24.6 Å². The van der Waals surface area contributed by atoms with Gasteiger partial charge in [-0.2, -0.15) is 0 Å². The lowest BCUT2D eigenvalue weighted by molar-refractivity contribution is 0.0951. The summed E-state index contributed by atoms with van der Waals surface area (Å²) in [4.78, 5) is 12.8. The number of anilines is 1. The fraction of sp³-hybridized carbons (Fsp3) is 0.0476. The first-order valence-electron chi connectivity index (χ1n) is 8.97. The number of benzene rings is 2. The first-order chi connectivity index (χ1) is 14.5. The van der Waals surface area contributed by atoms with Gasteiger partial charge in [0.25, 0.3) is 15.9 Å². The van der Waals surface area contributed by atoms with Gasteiger partial charge < -0.3 is 14.3 Å². The molecule has 0 aliphatic heterocycles. The summed E-state index contributed by atoms with van der Waals surface area (Å²) in [7, 11) is -3.75. The average molecular weight is 423 g/mol. The molecule has 0 aliphatic carbocycles. The third-order valence-electron chi connectivity index (χ3n) is 4.31. The van der Waals surface area contributed by atoms with Gasteiger partial charge in [0, 0.05) is 6.54 Å². The molecule has 2 aromatic heterocycles. The predicted octanol–water partition coefficient (Wildman–Crippen LogP) is 3.67. The van der Waals surface area contributed by atoms with E-state index < -0.39 is 15.9 Å². The van der Waals surface area contributed by atoms with Crippen LogP contribution in [0, 0.1) is 0 Å². The highest BCUT2D eigenvalue weighted by atomic mass is 32.2. The summed E-state index contributed by atoms with van der Waals surface area (Å²) in [5.41, 5.74) is 1.19. The number of amides is 1. The van der Waals surface area contributed by atoms with Crippen LogP contribution >= 0.6 is 0 Å². The Kier molecular flexibility index (Phi) is 5.36. The van der Waals surface area contributed by atoms with Gasteiger partial charge in [-0.25, -0.2) is 8.42 Å². The minimum absolute atomic E-state index is 0.0924. The first kappa shape index (κ1) is 19.5. The second-order valence-electron chi connectivity index (χ2n) is 6.30. The number of aromatic nitrogens is 1. The van der Waals surface area contributed by atoms with Gasteiger partial charge in [-0.15, -0.1) is 0 Å². The van der Waals surface area contributed by atoms with Crippen molar-refractivity contribution in [3.8, 4) is 11.5 Å². The fourth-order valence-electron chi connectivity index (χ4n) is 2.83. The number of hydrogen-bond donors (Lipinski definition) is 2. The molecular formula is C21H17N3O5S. The van der Waals surface area contributed by atoms with Crippen LogP contribution in [0.15, 0.2) is 93.0 Å². The van der Waals surface area contributed by atoms with Crippen molar-refractivity contribution in [1.29, 1.82) is 0 Å². The number of nitrogens with one attached hydrogen (secondary N) is 2. The van der Waals surface area contributed by atoms with E-state index in [4.69, 9.17) is 8.94 Å². The number of carbonyl (C=O) groups excluding carboxylic acids is 1. The zero-order valence-electron chi connectivity index (χ0n) is 15.6. The van der Waals surface area contributed by atoms with Gasteiger partial charge in [-0.1, -0.05) is 41.6 Å². The maximum Gasteiger partial charge on any atom is 0.261 e. The van der Waals surface area contributed by atoms with Gasteiger partial charge in [0.2, 0.25) is 5.76 Å². The molecule has 0 aliphatic rings. The first-order valence-corrected chi connectivity index (χ1v) is 10.5. The average Bonchev–Trinajstić information content (AvgIpc) is 3.45. The Morgan fingerprint density at radius 3 is 2.50 bits per heavy atom. The van der Waals surface area contributed by atoms with E-state index in [-0.39, 0.29) is 22.8 Å². The van der Waals surface area contributed by atoms with Crippen LogP contribution < -0.4 is 10.0 Å². The second-order valence-corrected chi connectivity index (χ2v) is 7.99. The third kappa shape index (κ3) is 4.11. The summed E-state index contributed by atoms with van der Waals surface area (Å²) in [6, 6.07) is 18.2. The number of para-hydroxylation sites is 1. The molecule has 9 heteroatoms. The molecule has 0 saturated heterocycles. The number of furan rings is 1. The number of hydrogen-bond acceptors (Lipinski definition) is 6. The van der Waals surface area contributed by atoms with Crippen molar-refractivity contribution in [3.63, 3.8) is 0 Å². The van der Waals surface area contributed by atoms with Crippen molar-refractivity contribution in [2.45, 2.75) is 11.4 Å². The van der Waals surface area contributed by atoms with Crippen molar-refractivity contribution in [3.05, 3.63) is 90.3 Å². The topological polar surface area (TPSA) is 114 Å². The van der Waals surface area contributed by atoms with Crippen LogP contribution in [0.25, 0.3) is 11.5 Å². The number of rotatable bonds is 7. The van der Waals surface area contributed by atoms with Crippen molar-refractivity contribution < 1.29 is 22.2 Å². The van der Waals surface area contributed by atoms with Crippen LogP contribution in [0.5, 0.6) is 0 Å². The molecule has 1 amide bonds. The van der Waals surface area contributed by atoms with E-state index in [2.05, 4.69) is 15.2 Å². The van der Waals surface area contributed by atoms with Crippen LogP contribution in [0.3, 0.4) is 0 Å². The van der Waals surface area contributed by atoms with Crippen molar-refractivity contribution >= 4 is 21.6 Å². The van der Waals surface area contributed by atoms with Gasteiger partial charge in [-0.3, -0.25) is 9.52 Å². The van der Waals surface area contributed by atoms with Crippen LogP contribution in [0.2, 0.25) is 0 Å².